The van der Waals surface area contributed by atoms with E-state index < -0.39 is 0 Å². The second kappa shape index (κ2) is 10.5. The van der Waals surface area contributed by atoms with E-state index in [-0.39, 0.29) is 5.91 Å². The molecule has 3 heterocycles. The lowest BCUT2D eigenvalue weighted by atomic mass is 10.2. The number of hydrogen-bond acceptors (Lipinski definition) is 8. The molecule has 5 rings (SSSR count). The number of anilines is 3. The van der Waals surface area contributed by atoms with Crippen LogP contribution in [0.15, 0.2) is 66.0 Å². The Balaban J connectivity index is 1.54. The largest absolute Gasteiger partial charge is 0.378 e. The van der Waals surface area contributed by atoms with Crippen molar-refractivity contribution in [2.45, 2.75) is 6.92 Å². The summed E-state index contributed by atoms with van der Waals surface area (Å²) in [7, 11) is 0. The highest BCUT2D eigenvalue weighted by Gasteiger charge is 2.24. The van der Waals surface area contributed by atoms with Crippen molar-refractivity contribution < 1.29 is 9.53 Å². The highest BCUT2D eigenvalue weighted by molar-refractivity contribution is 7.14. The molecule has 10 heteroatoms. The molecule has 1 saturated heterocycles. The summed E-state index contributed by atoms with van der Waals surface area (Å²) in [5.74, 6) is 0.934. The molecule has 0 unspecified atom stereocenters. The summed E-state index contributed by atoms with van der Waals surface area (Å²) in [4.78, 5) is 20.7. The van der Waals surface area contributed by atoms with E-state index in [2.05, 4.69) is 26.2 Å². The fraction of sp³-hybridized carbons (Fsp3) is 0.192. The Labute approximate surface area is 212 Å². The van der Waals surface area contributed by atoms with Gasteiger partial charge in [-0.05, 0) is 30.3 Å². The van der Waals surface area contributed by atoms with E-state index >= 15 is 0 Å². The van der Waals surface area contributed by atoms with E-state index in [0.29, 0.717) is 54.5 Å². The highest BCUT2D eigenvalue weighted by Crippen LogP contribution is 2.31. The van der Waals surface area contributed by atoms with Gasteiger partial charge in [0.25, 0.3) is 0 Å². The van der Waals surface area contributed by atoms with Crippen LogP contribution in [-0.2, 0) is 9.53 Å². The number of allylic oxidation sites excluding steroid dienone is 1. The van der Waals surface area contributed by atoms with Crippen molar-refractivity contribution in [1.29, 1.82) is 5.26 Å². The van der Waals surface area contributed by atoms with Crippen LogP contribution in [0.25, 0.3) is 17.3 Å². The molecule has 1 aliphatic heterocycles. The van der Waals surface area contributed by atoms with Gasteiger partial charge in [0.15, 0.2) is 11.0 Å². The minimum Gasteiger partial charge on any atom is -0.378 e. The van der Waals surface area contributed by atoms with Crippen LogP contribution in [0.5, 0.6) is 0 Å². The molecule has 36 heavy (non-hydrogen) atoms. The maximum absolute atomic E-state index is 12.4. The van der Waals surface area contributed by atoms with E-state index in [9.17, 15) is 10.1 Å². The third kappa shape index (κ3) is 4.75. The van der Waals surface area contributed by atoms with Gasteiger partial charge in [-0.2, -0.15) is 5.26 Å². The maximum atomic E-state index is 12.4. The molecule has 2 aromatic carbocycles. The van der Waals surface area contributed by atoms with Crippen LogP contribution in [0.2, 0.25) is 0 Å². The van der Waals surface area contributed by atoms with Gasteiger partial charge in [0.05, 0.1) is 35.9 Å². The number of aromatic nitrogens is 4. The lowest BCUT2D eigenvalue weighted by Gasteiger charge is -2.28. The number of ether oxygens (including phenoxy) is 1. The van der Waals surface area contributed by atoms with Gasteiger partial charge in [0.1, 0.15) is 6.07 Å². The van der Waals surface area contributed by atoms with Gasteiger partial charge in [-0.1, -0.05) is 36.4 Å². The van der Waals surface area contributed by atoms with Gasteiger partial charge < -0.3 is 9.64 Å². The normalized spacial score (nSPS) is 13.9. The predicted octanol–water partition coefficient (Wildman–Crippen LogP) is 4.31. The first-order valence-corrected chi connectivity index (χ1v) is 12.3. The zero-order valence-corrected chi connectivity index (χ0v) is 20.4. The zero-order chi connectivity index (χ0) is 24.9. The van der Waals surface area contributed by atoms with Crippen LogP contribution in [0, 0.1) is 11.3 Å². The first-order chi connectivity index (χ1) is 17.7. The first kappa shape index (κ1) is 23.4. The molecule has 0 aliphatic carbocycles. The minimum atomic E-state index is -0.148. The molecule has 4 aromatic rings. The number of hydrogen-bond donors (Lipinski definition) is 0. The average molecular weight is 498 g/mol. The summed E-state index contributed by atoms with van der Waals surface area (Å²) < 4.78 is 7.38. The number of thiazole rings is 1. The van der Waals surface area contributed by atoms with E-state index in [4.69, 9.17) is 4.74 Å². The standard InChI is InChI=1S/C26H23N7O2S/c1-19(34)32(22-8-4-2-5-9-22)26-28-21(18-36-26)16-20(17-27)24-29-30-25(31-12-14-35-15-13-31)33(24)23-10-6-3-7-11-23/h2-11,16,18H,12-15H2,1H3/b20-16+. The van der Waals surface area contributed by atoms with Crippen molar-refractivity contribution >= 4 is 45.7 Å². The van der Waals surface area contributed by atoms with E-state index in [1.165, 1.54) is 18.3 Å². The van der Waals surface area contributed by atoms with Gasteiger partial charge in [-0.3, -0.25) is 14.3 Å². The quantitative estimate of drug-likeness (QED) is 0.366. The molecule has 0 bridgehead atoms. The first-order valence-electron chi connectivity index (χ1n) is 11.4. The smallest absolute Gasteiger partial charge is 0.232 e. The van der Waals surface area contributed by atoms with Crippen molar-refractivity contribution in [3.05, 3.63) is 77.6 Å². The van der Waals surface area contributed by atoms with E-state index in [1.54, 1.807) is 11.0 Å². The summed E-state index contributed by atoms with van der Waals surface area (Å²) in [5, 5.41) is 21.3. The number of benzene rings is 2. The fourth-order valence-corrected chi connectivity index (χ4v) is 4.82. The average Bonchev–Trinajstić information content (AvgIpc) is 3.56. The number of carbonyl (C=O) groups excluding carboxylic acids is 1. The van der Waals surface area contributed by atoms with Crippen molar-refractivity contribution in [1.82, 2.24) is 19.7 Å². The van der Waals surface area contributed by atoms with Crippen LogP contribution in [-0.4, -0.2) is 52.0 Å². The summed E-state index contributed by atoms with van der Waals surface area (Å²) in [6.07, 6.45) is 1.68. The molecule has 9 nitrogen and oxygen atoms in total. The summed E-state index contributed by atoms with van der Waals surface area (Å²) in [6, 6.07) is 21.3. The highest BCUT2D eigenvalue weighted by atomic mass is 32.1. The monoisotopic (exact) mass is 497 g/mol. The Hall–Kier alpha value is -4.33. The maximum Gasteiger partial charge on any atom is 0.232 e. The van der Waals surface area contributed by atoms with Gasteiger partial charge >= 0.3 is 0 Å². The number of carbonyl (C=O) groups is 1. The molecule has 1 amide bonds. The Morgan fingerprint density at radius 1 is 1.08 bits per heavy atom. The van der Waals surface area contributed by atoms with Crippen molar-refractivity contribution in [2.75, 3.05) is 36.1 Å². The minimum absolute atomic E-state index is 0.148. The molecule has 0 radical (unpaired) electrons. The molecule has 0 atom stereocenters. The second-order valence-electron chi connectivity index (χ2n) is 8.01. The number of rotatable bonds is 6. The lowest BCUT2D eigenvalue weighted by molar-refractivity contribution is -0.115. The molecule has 2 aromatic heterocycles. The molecule has 1 fully saturated rings. The zero-order valence-electron chi connectivity index (χ0n) is 19.6. The fourth-order valence-electron chi connectivity index (χ4n) is 3.98. The van der Waals surface area contributed by atoms with Crippen LogP contribution >= 0.6 is 11.3 Å². The number of nitriles is 1. The van der Waals surface area contributed by atoms with Gasteiger partial charge in [-0.25, -0.2) is 4.98 Å². The SMILES string of the molecule is CC(=O)N(c1ccccc1)c1nc(/C=C(\C#N)c2nnc(N3CCOCC3)n2-c2ccccc2)cs1. The van der Waals surface area contributed by atoms with Crippen LogP contribution < -0.4 is 9.80 Å². The van der Waals surface area contributed by atoms with Gasteiger partial charge in [0, 0.05) is 25.4 Å². The summed E-state index contributed by atoms with van der Waals surface area (Å²) in [6.45, 7) is 4.08. The van der Waals surface area contributed by atoms with Crippen LogP contribution in [0.3, 0.4) is 0 Å². The summed E-state index contributed by atoms with van der Waals surface area (Å²) in [5.41, 5.74) is 2.46. The molecular weight excluding hydrogens is 474 g/mol. The Morgan fingerprint density at radius 3 is 2.44 bits per heavy atom. The summed E-state index contributed by atoms with van der Waals surface area (Å²) >= 11 is 1.33. The predicted molar refractivity (Wildman–Crippen MR) is 139 cm³/mol. The number of amides is 1. The number of morpholine rings is 1. The van der Waals surface area contributed by atoms with E-state index in [0.717, 1.165) is 11.4 Å². The van der Waals surface area contributed by atoms with E-state index in [1.807, 2.05) is 70.6 Å². The lowest BCUT2D eigenvalue weighted by Crippen LogP contribution is -2.38. The topological polar surface area (TPSA) is 100 Å². The van der Waals surface area contributed by atoms with Crippen LogP contribution in [0.4, 0.5) is 16.8 Å². The Bertz CT molecular complexity index is 1420. The van der Waals surface area contributed by atoms with Gasteiger partial charge in [0.2, 0.25) is 11.9 Å². The van der Waals surface area contributed by atoms with Gasteiger partial charge in [-0.15, -0.1) is 21.5 Å². The molecule has 0 saturated carbocycles. The number of nitrogens with zero attached hydrogens (tertiary/aromatic N) is 7. The Morgan fingerprint density at radius 2 is 1.78 bits per heavy atom. The second-order valence-corrected chi connectivity index (χ2v) is 8.85. The Kier molecular flexibility index (Phi) is 6.84. The van der Waals surface area contributed by atoms with Crippen molar-refractivity contribution in [3.8, 4) is 11.8 Å². The van der Waals surface area contributed by atoms with Crippen molar-refractivity contribution in [2.24, 2.45) is 0 Å². The third-order valence-corrected chi connectivity index (χ3v) is 6.48. The van der Waals surface area contributed by atoms with Crippen molar-refractivity contribution in [3.63, 3.8) is 0 Å². The molecule has 0 N–H and O–H groups in total. The molecule has 180 valence electrons. The van der Waals surface area contributed by atoms with Crippen LogP contribution in [0.1, 0.15) is 18.4 Å². The molecular formula is C26H23N7O2S. The molecule has 0 spiro atoms. The molecule has 1 aliphatic rings. The number of para-hydroxylation sites is 2. The third-order valence-electron chi connectivity index (χ3n) is 5.64.